The fourth-order valence-electron chi connectivity index (χ4n) is 5.90. The first kappa shape index (κ1) is 16.9. The average molecular weight is 384 g/mol. The first-order valence-corrected chi connectivity index (χ1v) is 11.6. The summed E-state index contributed by atoms with van der Waals surface area (Å²) in [4.78, 5) is 15.6. The van der Waals surface area contributed by atoms with Crippen LogP contribution in [0.15, 0.2) is 46.7 Å². The molecule has 4 aliphatic carbocycles. The van der Waals surface area contributed by atoms with E-state index in [0.29, 0.717) is 0 Å². The molecule has 4 heteroatoms. The van der Waals surface area contributed by atoms with Crippen molar-refractivity contribution < 1.29 is 4.79 Å². The van der Waals surface area contributed by atoms with Crippen LogP contribution in [0.5, 0.6) is 0 Å². The molecule has 1 N–H and O–H groups in total. The molecule has 1 amide bonds. The normalized spacial score (nSPS) is 31.9. The van der Waals surface area contributed by atoms with E-state index in [-0.39, 0.29) is 11.4 Å². The van der Waals surface area contributed by atoms with Gasteiger partial charge in [0.05, 0.1) is 5.56 Å². The first-order valence-electron chi connectivity index (χ1n) is 9.76. The fourth-order valence-corrected chi connectivity index (χ4v) is 7.72. The molecule has 136 valence electrons. The number of amides is 1. The molecule has 4 bridgehead atoms. The van der Waals surface area contributed by atoms with Crippen molar-refractivity contribution in [2.75, 3.05) is 0 Å². The summed E-state index contributed by atoms with van der Waals surface area (Å²) in [7, 11) is 0. The van der Waals surface area contributed by atoms with Crippen molar-refractivity contribution in [3.8, 4) is 0 Å². The number of hydrogen-bond acceptors (Lipinski definition) is 3. The lowest BCUT2D eigenvalue weighted by atomic mass is 9.53. The Morgan fingerprint density at radius 2 is 1.73 bits per heavy atom. The SMILES string of the molecule is O=C(NC12CC3CC(CC(C3)C1)C2)c1ccccc1SCc1cccs1. The van der Waals surface area contributed by atoms with Gasteiger partial charge in [0, 0.05) is 21.1 Å². The summed E-state index contributed by atoms with van der Waals surface area (Å²) in [6.45, 7) is 0. The van der Waals surface area contributed by atoms with Gasteiger partial charge < -0.3 is 5.32 Å². The first-order chi connectivity index (χ1) is 12.7. The van der Waals surface area contributed by atoms with E-state index >= 15 is 0 Å². The fraction of sp³-hybridized carbons (Fsp3) is 0.500. The molecule has 1 aromatic heterocycles. The second-order valence-corrected chi connectivity index (χ2v) is 10.6. The molecule has 1 heterocycles. The second kappa shape index (κ2) is 6.72. The number of hydrogen-bond donors (Lipinski definition) is 1. The lowest BCUT2D eigenvalue weighted by Crippen LogP contribution is -2.59. The third-order valence-corrected chi connectivity index (χ3v) is 8.68. The highest BCUT2D eigenvalue weighted by atomic mass is 32.2. The Morgan fingerprint density at radius 1 is 1.04 bits per heavy atom. The summed E-state index contributed by atoms with van der Waals surface area (Å²) in [5, 5.41) is 5.64. The van der Waals surface area contributed by atoms with Crippen LogP contribution in [-0.4, -0.2) is 11.4 Å². The van der Waals surface area contributed by atoms with Crippen LogP contribution < -0.4 is 5.32 Å². The van der Waals surface area contributed by atoms with Gasteiger partial charge in [-0.05, 0) is 79.9 Å². The number of carbonyl (C=O) groups is 1. The maximum atomic E-state index is 13.2. The largest absolute Gasteiger partial charge is 0.347 e. The van der Waals surface area contributed by atoms with Crippen molar-refractivity contribution in [3.63, 3.8) is 0 Å². The van der Waals surface area contributed by atoms with Crippen molar-refractivity contribution in [3.05, 3.63) is 52.2 Å². The molecule has 4 aliphatic rings. The molecule has 0 unspecified atom stereocenters. The molecule has 0 aliphatic heterocycles. The van der Waals surface area contributed by atoms with E-state index in [0.717, 1.165) is 34.0 Å². The Kier molecular flexibility index (Phi) is 4.36. The van der Waals surface area contributed by atoms with E-state index in [2.05, 4.69) is 28.9 Å². The molecule has 0 saturated heterocycles. The van der Waals surface area contributed by atoms with Gasteiger partial charge >= 0.3 is 0 Å². The van der Waals surface area contributed by atoms with Crippen LogP contribution in [0.3, 0.4) is 0 Å². The Balaban J connectivity index is 1.33. The maximum absolute atomic E-state index is 13.2. The molecule has 1 aromatic carbocycles. The summed E-state index contributed by atoms with van der Waals surface area (Å²) >= 11 is 3.55. The zero-order valence-corrected chi connectivity index (χ0v) is 16.6. The molecular weight excluding hydrogens is 358 g/mol. The van der Waals surface area contributed by atoms with Crippen molar-refractivity contribution in [1.29, 1.82) is 0 Å². The van der Waals surface area contributed by atoms with E-state index < -0.39 is 0 Å². The van der Waals surface area contributed by atoms with E-state index in [9.17, 15) is 4.79 Å². The monoisotopic (exact) mass is 383 g/mol. The highest BCUT2D eigenvalue weighted by Gasteiger charge is 2.51. The van der Waals surface area contributed by atoms with Gasteiger partial charge in [-0.3, -0.25) is 4.79 Å². The molecule has 4 saturated carbocycles. The molecule has 0 radical (unpaired) electrons. The summed E-state index contributed by atoms with van der Waals surface area (Å²) in [5.74, 6) is 3.63. The van der Waals surface area contributed by atoms with Gasteiger partial charge in [0.15, 0.2) is 0 Å². The van der Waals surface area contributed by atoms with Gasteiger partial charge in [-0.15, -0.1) is 23.1 Å². The minimum Gasteiger partial charge on any atom is -0.347 e. The lowest BCUT2D eigenvalue weighted by molar-refractivity contribution is -0.0167. The molecule has 2 nitrogen and oxygen atoms in total. The molecule has 0 atom stereocenters. The number of thioether (sulfide) groups is 1. The molecule has 2 aromatic rings. The minimum absolute atomic E-state index is 0.0807. The summed E-state index contributed by atoms with van der Waals surface area (Å²) in [6.07, 6.45) is 7.83. The number of rotatable bonds is 5. The topological polar surface area (TPSA) is 29.1 Å². The van der Waals surface area contributed by atoms with Crippen molar-refractivity contribution in [2.45, 2.75) is 54.7 Å². The third kappa shape index (κ3) is 3.22. The predicted molar refractivity (Wildman–Crippen MR) is 109 cm³/mol. The number of carbonyl (C=O) groups excluding carboxylic acids is 1. The quantitative estimate of drug-likeness (QED) is 0.667. The van der Waals surface area contributed by atoms with Crippen LogP contribution in [-0.2, 0) is 5.75 Å². The Labute approximate surface area is 163 Å². The van der Waals surface area contributed by atoms with Gasteiger partial charge in [-0.2, -0.15) is 0 Å². The smallest absolute Gasteiger partial charge is 0.252 e. The maximum Gasteiger partial charge on any atom is 0.252 e. The van der Waals surface area contributed by atoms with E-state index in [1.165, 1.54) is 43.4 Å². The highest BCUT2D eigenvalue weighted by Crippen LogP contribution is 2.55. The summed E-state index contributed by atoms with van der Waals surface area (Å²) in [6, 6.07) is 12.4. The van der Waals surface area contributed by atoms with Gasteiger partial charge in [-0.25, -0.2) is 0 Å². The standard InChI is InChI=1S/C22H25NOS2/c24-21(23-22-11-15-8-16(12-22)10-17(9-15)13-22)19-5-1-2-6-20(19)26-14-18-4-3-7-25-18/h1-7,15-17H,8-14H2,(H,23,24). The van der Waals surface area contributed by atoms with E-state index in [1.807, 2.05) is 18.2 Å². The van der Waals surface area contributed by atoms with Crippen LogP contribution in [0.1, 0.15) is 53.8 Å². The van der Waals surface area contributed by atoms with Gasteiger partial charge in [0.2, 0.25) is 0 Å². The molecule has 0 spiro atoms. The average Bonchev–Trinajstić information content (AvgIpc) is 3.12. The number of nitrogens with one attached hydrogen (secondary N) is 1. The van der Waals surface area contributed by atoms with Gasteiger partial charge in [0.25, 0.3) is 5.91 Å². The molecular formula is C22H25NOS2. The predicted octanol–water partition coefficient (Wildman–Crippen LogP) is 5.74. The van der Waals surface area contributed by atoms with Crippen molar-refractivity contribution in [2.24, 2.45) is 17.8 Å². The number of benzene rings is 1. The Hall–Kier alpha value is -1.26. The van der Waals surface area contributed by atoms with E-state index in [1.54, 1.807) is 23.1 Å². The van der Waals surface area contributed by atoms with E-state index in [4.69, 9.17) is 0 Å². The van der Waals surface area contributed by atoms with Crippen LogP contribution in [0.2, 0.25) is 0 Å². The molecule has 26 heavy (non-hydrogen) atoms. The van der Waals surface area contributed by atoms with Crippen LogP contribution in [0.4, 0.5) is 0 Å². The van der Waals surface area contributed by atoms with Crippen molar-refractivity contribution >= 4 is 29.0 Å². The lowest BCUT2D eigenvalue weighted by Gasteiger charge is -2.56. The van der Waals surface area contributed by atoms with Crippen LogP contribution in [0.25, 0.3) is 0 Å². The van der Waals surface area contributed by atoms with Gasteiger partial charge in [0.1, 0.15) is 0 Å². The minimum atomic E-state index is 0.0807. The zero-order valence-electron chi connectivity index (χ0n) is 14.9. The Bertz CT molecular complexity index is 763. The molecule has 4 fully saturated rings. The Morgan fingerprint density at radius 3 is 2.38 bits per heavy atom. The highest BCUT2D eigenvalue weighted by molar-refractivity contribution is 7.98. The molecule has 6 rings (SSSR count). The summed E-state index contributed by atoms with van der Waals surface area (Å²) < 4.78 is 0. The van der Waals surface area contributed by atoms with Crippen molar-refractivity contribution in [1.82, 2.24) is 5.32 Å². The summed E-state index contributed by atoms with van der Waals surface area (Å²) in [5.41, 5.74) is 0.932. The van der Waals surface area contributed by atoms with Crippen LogP contribution in [0, 0.1) is 17.8 Å². The second-order valence-electron chi connectivity index (χ2n) is 8.52. The third-order valence-electron chi connectivity index (χ3n) is 6.50. The van der Waals surface area contributed by atoms with Crippen LogP contribution >= 0.6 is 23.1 Å². The van der Waals surface area contributed by atoms with Gasteiger partial charge in [-0.1, -0.05) is 18.2 Å². The zero-order chi connectivity index (χ0) is 17.6. The number of thiophene rings is 1.